The van der Waals surface area contributed by atoms with Gasteiger partial charge < -0.3 is 10.2 Å². The summed E-state index contributed by atoms with van der Waals surface area (Å²) in [7, 11) is 0. The third kappa shape index (κ3) is 1.80. The standard InChI is InChI=1S/C7H12O2/c8-7(9)6-4-2-1-3-5-6/h4,7-9H,1-3,5H2. The summed E-state index contributed by atoms with van der Waals surface area (Å²) in [6.45, 7) is 0. The monoisotopic (exact) mass is 128 g/mol. The van der Waals surface area contributed by atoms with Crippen LogP contribution in [0.1, 0.15) is 25.7 Å². The fourth-order valence-corrected chi connectivity index (χ4v) is 1.10. The summed E-state index contributed by atoms with van der Waals surface area (Å²) in [5, 5.41) is 17.3. The van der Waals surface area contributed by atoms with Crippen LogP contribution in [0.25, 0.3) is 0 Å². The van der Waals surface area contributed by atoms with Gasteiger partial charge in [-0.05, 0) is 31.3 Å². The van der Waals surface area contributed by atoms with Gasteiger partial charge >= 0.3 is 0 Å². The normalized spacial score (nSPS) is 20.1. The van der Waals surface area contributed by atoms with Crippen molar-refractivity contribution in [2.45, 2.75) is 32.0 Å². The molecule has 0 amide bonds. The van der Waals surface area contributed by atoms with Crippen LogP contribution in [0.3, 0.4) is 0 Å². The minimum atomic E-state index is -1.20. The minimum absolute atomic E-state index is 0.793. The van der Waals surface area contributed by atoms with Gasteiger partial charge in [-0.15, -0.1) is 0 Å². The average molecular weight is 128 g/mol. The SMILES string of the molecule is OC(O)C1=CCCCC1. The summed E-state index contributed by atoms with van der Waals surface area (Å²) in [4.78, 5) is 0. The Morgan fingerprint density at radius 2 is 2.11 bits per heavy atom. The van der Waals surface area contributed by atoms with Crippen LogP contribution >= 0.6 is 0 Å². The molecule has 0 bridgehead atoms. The molecule has 0 saturated heterocycles. The van der Waals surface area contributed by atoms with Gasteiger partial charge in [-0.3, -0.25) is 0 Å². The second kappa shape index (κ2) is 2.99. The molecular weight excluding hydrogens is 116 g/mol. The van der Waals surface area contributed by atoms with E-state index in [1.54, 1.807) is 0 Å². The minimum Gasteiger partial charge on any atom is -0.365 e. The fourth-order valence-electron chi connectivity index (χ4n) is 1.10. The zero-order valence-electron chi connectivity index (χ0n) is 5.38. The van der Waals surface area contributed by atoms with E-state index >= 15 is 0 Å². The molecule has 9 heavy (non-hydrogen) atoms. The van der Waals surface area contributed by atoms with Crippen molar-refractivity contribution in [2.75, 3.05) is 0 Å². The number of hydrogen-bond donors (Lipinski definition) is 2. The zero-order chi connectivity index (χ0) is 6.69. The Balaban J connectivity index is 2.46. The van der Waals surface area contributed by atoms with Gasteiger partial charge in [0.25, 0.3) is 0 Å². The Morgan fingerprint density at radius 3 is 2.44 bits per heavy atom. The second-order valence-electron chi connectivity index (χ2n) is 2.40. The Kier molecular flexibility index (Phi) is 2.25. The van der Waals surface area contributed by atoms with Crippen LogP contribution in [-0.2, 0) is 0 Å². The van der Waals surface area contributed by atoms with E-state index < -0.39 is 6.29 Å². The van der Waals surface area contributed by atoms with Crippen LogP contribution < -0.4 is 0 Å². The van der Waals surface area contributed by atoms with E-state index in [4.69, 9.17) is 10.2 Å². The van der Waals surface area contributed by atoms with E-state index in [1.165, 1.54) is 6.42 Å². The lowest BCUT2D eigenvalue weighted by Crippen LogP contribution is -2.10. The van der Waals surface area contributed by atoms with Gasteiger partial charge in [0, 0.05) is 0 Å². The van der Waals surface area contributed by atoms with Crippen LogP contribution in [0.15, 0.2) is 11.6 Å². The molecule has 1 aliphatic carbocycles. The Morgan fingerprint density at radius 1 is 1.33 bits per heavy atom. The molecule has 0 radical (unpaired) electrons. The molecule has 0 aromatic heterocycles. The predicted molar refractivity (Wildman–Crippen MR) is 34.8 cm³/mol. The molecule has 0 aromatic carbocycles. The molecule has 0 fully saturated rings. The number of rotatable bonds is 1. The maximum Gasteiger partial charge on any atom is 0.174 e. The van der Waals surface area contributed by atoms with Crippen LogP contribution in [0.4, 0.5) is 0 Å². The van der Waals surface area contributed by atoms with Crippen molar-refractivity contribution in [1.29, 1.82) is 0 Å². The van der Waals surface area contributed by atoms with E-state index in [0.29, 0.717) is 0 Å². The predicted octanol–water partition coefficient (Wildman–Crippen LogP) is 0.797. The molecule has 52 valence electrons. The third-order valence-corrected chi connectivity index (χ3v) is 1.66. The van der Waals surface area contributed by atoms with Crippen LogP contribution in [-0.4, -0.2) is 16.5 Å². The van der Waals surface area contributed by atoms with Crippen molar-refractivity contribution in [1.82, 2.24) is 0 Å². The largest absolute Gasteiger partial charge is 0.365 e. The number of aliphatic hydroxyl groups excluding tert-OH is 1. The van der Waals surface area contributed by atoms with E-state index in [9.17, 15) is 0 Å². The van der Waals surface area contributed by atoms with Crippen LogP contribution in [0, 0.1) is 0 Å². The molecule has 0 spiro atoms. The van der Waals surface area contributed by atoms with Crippen molar-refractivity contribution >= 4 is 0 Å². The smallest absolute Gasteiger partial charge is 0.174 e. The first-order chi connectivity index (χ1) is 4.30. The molecule has 0 unspecified atom stereocenters. The zero-order valence-corrected chi connectivity index (χ0v) is 5.38. The Labute approximate surface area is 54.8 Å². The lowest BCUT2D eigenvalue weighted by Gasteiger charge is -2.13. The van der Waals surface area contributed by atoms with E-state index in [2.05, 4.69) is 0 Å². The van der Waals surface area contributed by atoms with Crippen LogP contribution in [0.5, 0.6) is 0 Å². The van der Waals surface area contributed by atoms with Gasteiger partial charge in [0.2, 0.25) is 0 Å². The molecule has 1 aliphatic rings. The lowest BCUT2D eigenvalue weighted by molar-refractivity contribution is -0.0113. The molecule has 2 N–H and O–H groups in total. The number of aliphatic hydroxyl groups is 2. The Hall–Kier alpha value is -0.340. The molecule has 2 nitrogen and oxygen atoms in total. The van der Waals surface area contributed by atoms with Gasteiger partial charge in [0.1, 0.15) is 0 Å². The van der Waals surface area contributed by atoms with Crippen molar-refractivity contribution in [3.05, 3.63) is 11.6 Å². The quantitative estimate of drug-likeness (QED) is 0.405. The van der Waals surface area contributed by atoms with E-state index in [1.807, 2.05) is 6.08 Å². The topological polar surface area (TPSA) is 40.5 Å². The first-order valence-corrected chi connectivity index (χ1v) is 3.36. The van der Waals surface area contributed by atoms with Crippen molar-refractivity contribution in [3.8, 4) is 0 Å². The first kappa shape index (κ1) is 6.78. The molecule has 0 aliphatic heterocycles. The summed E-state index contributed by atoms with van der Waals surface area (Å²) in [5.74, 6) is 0. The van der Waals surface area contributed by atoms with Gasteiger partial charge in [-0.2, -0.15) is 0 Å². The Bertz CT molecular complexity index is 116. The van der Waals surface area contributed by atoms with Gasteiger partial charge in [-0.1, -0.05) is 6.08 Å². The number of hydrogen-bond acceptors (Lipinski definition) is 2. The van der Waals surface area contributed by atoms with Crippen molar-refractivity contribution < 1.29 is 10.2 Å². The van der Waals surface area contributed by atoms with Crippen molar-refractivity contribution in [3.63, 3.8) is 0 Å². The molecule has 1 rings (SSSR count). The summed E-state index contributed by atoms with van der Waals surface area (Å²) < 4.78 is 0. The number of allylic oxidation sites excluding steroid dienone is 1. The molecule has 2 heteroatoms. The van der Waals surface area contributed by atoms with Crippen molar-refractivity contribution in [2.24, 2.45) is 0 Å². The maximum absolute atomic E-state index is 8.66. The highest BCUT2D eigenvalue weighted by atomic mass is 16.5. The van der Waals surface area contributed by atoms with Gasteiger partial charge in [-0.25, -0.2) is 0 Å². The molecular formula is C7H12O2. The third-order valence-electron chi connectivity index (χ3n) is 1.66. The van der Waals surface area contributed by atoms with Crippen LogP contribution in [0.2, 0.25) is 0 Å². The lowest BCUT2D eigenvalue weighted by atomic mass is 9.99. The summed E-state index contributed by atoms with van der Waals surface area (Å²) >= 11 is 0. The van der Waals surface area contributed by atoms with E-state index in [-0.39, 0.29) is 0 Å². The highest BCUT2D eigenvalue weighted by molar-refractivity contribution is 5.06. The summed E-state index contributed by atoms with van der Waals surface area (Å²) in [6, 6.07) is 0. The van der Waals surface area contributed by atoms with E-state index in [0.717, 1.165) is 24.8 Å². The highest BCUT2D eigenvalue weighted by Gasteiger charge is 2.08. The maximum atomic E-state index is 8.66. The fraction of sp³-hybridized carbons (Fsp3) is 0.714. The summed E-state index contributed by atoms with van der Waals surface area (Å²) in [5.41, 5.74) is 0.793. The summed E-state index contributed by atoms with van der Waals surface area (Å²) in [6.07, 6.45) is 4.88. The second-order valence-corrected chi connectivity index (χ2v) is 2.40. The van der Waals surface area contributed by atoms with Gasteiger partial charge in [0.15, 0.2) is 6.29 Å². The molecule has 0 aromatic rings. The van der Waals surface area contributed by atoms with Gasteiger partial charge in [0.05, 0.1) is 0 Å². The molecule has 0 atom stereocenters. The highest BCUT2D eigenvalue weighted by Crippen LogP contribution is 2.18. The molecule has 0 heterocycles. The average Bonchev–Trinajstić information content (AvgIpc) is 1.90. The molecule has 0 saturated carbocycles. The first-order valence-electron chi connectivity index (χ1n) is 3.36.